The number of benzene rings is 1. The fraction of sp³-hybridized carbons (Fsp3) is 0.667. The van der Waals surface area contributed by atoms with Crippen molar-refractivity contribution in [2.24, 2.45) is 11.8 Å². The van der Waals surface area contributed by atoms with E-state index < -0.39 is 0 Å². The average molecular weight is 362 g/mol. The molecule has 2 atom stereocenters. The minimum atomic E-state index is -0.225. The van der Waals surface area contributed by atoms with Gasteiger partial charge in [0.25, 0.3) is 0 Å². The number of hydrogen-bond donors (Lipinski definition) is 1. The smallest absolute Gasteiger partial charge is 0.222 e. The standard InChI is InChI=1S/C21H31FN2O2/c22-20-9-7-17(8-10-20)5-4-6-21(26)24-14-18(19(15-24)16-25)13-23-11-2-1-3-12-23/h7-10,18-19,25H,1-6,11-16H2/t18-,19-/m1/s1. The Balaban J connectivity index is 1.44. The lowest BCUT2D eigenvalue weighted by molar-refractivity contribution is -0.130. The average Bonchev–Trinajstić information content (AvgIpc) is 3.07. The van der Waals surface area contributed by atoms with Gasteiger partial charge >= 0.3 is 0 Å². The van der Waals surface area contributed by atoms with Crippen LogP contribution >= 0.6 is 0 Å². The van der Waals surface area contributed by atoms with Crippen molar-refractivity contribution in [3.63, 3.8) is 0 Å². The third-order valence-electron chi connectivity index (χ3n) is 5.87. The summed E-state index contributed by atoms with van der Waals surface area (Å²) in [4.78, 5) is 17.0. The van der Waals surface area contributed by atoms with Crippen LogP contribution in [-0.2, 0) is 11.2 Å². The van der Waals surface area contributed by atoms with E-state index in [0.29, 0.717) is 18.9 Å². The van der Waals surface area contributed by atoms with Crippen molar-refractivity contribution in [1.29, 1.82) is 0 Å². The van der Waals surface area contributed by atoms with Crippen LogP contribution in [0.3, 0.4) is 0 Å². The molecule has 1 aromatic carbocycles. The topological polar surface area (TPSA) is 43.8 Å². The van der Waals surface area contributed by atoms with E-state index in [9.17, 15) is 14.3 Å². The van der Waals surface area contributed by atoms with Crippen molar-refractivity contribution >= 4 is 5.91 Å². The number of amides is 1. The Morgan fingerprint density at radius 3 is 2.46 bits per heavy atom. The number of aliphatic hydroxyl groups is 1. The maximum Gasteiger partial charge on any atom is 0.222 e. The first-order valence-corrected chi connectivity index (χ1v) is 10.0. The van der Waals surface area contributed by atoms with Gasteiger partial charge in [0, 0.05) is 38.6 Å². The van der Waals surface area contributed by atoms with Gasteiger partial charge in [-0.25, -0.2) is 4.39 Å². The van der Waals surface area contributed by atoms with Crippen LogP contribution in [-0.4, -0.2) is 60.1 Å². The van der Waals surface area contributed by atoms with Crippen LogP contribution in [0.4, 0.5) is 4.39 Å². The van der Waals surface area contributed by atoms with Crippen LogP contribution in [0.15, 0.2) is 24.3 Å². The Hall–Kier alpha value is -1.46. The van der Waals surface area contributed by atoms with Crippen LogP contribution in [0.2, 0.25) is 0 Å². The van der Waals surface area contributed by atoms with Gasteiger partial charge in [0.05, 0.1) is 0 Å². The molecular formula is C21H31FN2O2. The van der Waals surface area contributed by atoms with Gasteiger partial charge in [-0.05, 0) is 62.4 Å². The lowest BCUT2D eigenvalue weighted by atomic mass is 9.95. The Morgan fingerprint density at radius 2 is 1.77 bits per heavy atom. The number of hydrogen-bond acceptors (Lipinski definition) is 3. The molecule has 2 fully saturated rings. The number of carbonyl (C=O) groups excluding carboxylic acids is 1. The summed E-state index contributed by atoms with van der Waals surface area (Å²) < 4.78 is 12.9. The van der Waals surface area contributed by atoms with Crippen molar-refractivity contribution in [3.05, 3.63) is 35.6 Å². The van der Waals surface area contributed by atoms with Gasteiger partial charge in [0.1, 0.15) is 5.82 Å². The first-order valence-electron chi connectivity index (χ1n) is 10.0. The molecule has 0 radical (unpaired) electrons. The van der Waals surface area contributed by atoms with Gasteiger partial charge in [0.2, 0.25) is 5.91 Å². The van der Waals surface area contributed by atoms with Crippen LogP contribution < -0.4 is 0 Å². The lowest BCUT2D eigenvalue weighted by Gasteiger charge is -2.30. The molecule has 1 amide bonds. The molecule has 0 aromatic heterocycles. The molecule has 2 saturated heterocycles. The molecule has 4 nitrogen and oxygen atoms in total. The van der Waals surface area contributed by atoms with E-state index in [1.807, 2.05) is 4.90 Å². The molecule has 26 heavy (non-hydrogen) atoms. The SMILES string of the molecule is O=C(CCCc1ccc(F)cc1)N1C[C@@H](CN2CCCCC2)[C@@H](CO)C1. The second-order valence-corrected chi connectivity index (χ2v) is 7.84. The summed E-state index contributed by atoms with van der Waals surface area (Å²) in [5, 5.41) is 9.73. The highest BCUT2D eigenvalue weighted by atomic mass is 19.1. The van der Waals surface area contributed by atoms with Gasteiger partial charge in [0.15, 0.2) is 0 Å². The molecule has 0 bridgehead atoms. The lowest BCUT2D eigenvalue weighted by Crippen LogP contribution is -2.37. The Morgan fingerprint density at radius 1 is 1.08 bits per heavy atom. The fourth-order valence-electron chi connectivity index (χ4n) is 4.28. The van der Waals surface area contributed by atoms with E-state index in [-0.39, 0.29) is 24.2 Å². The van der Waals surface area contributed by atoms with Gasteiger partial charge in [-0.15, -0.1) is 0 Å². The summed E-state index contributed by atoms with van der Waals surface area (Å²) in [6, 6.07) is 6.50. The predicted molar refractivity (Wildman–Crippen MR) is 100 cm³/mol. The number of aryl methyl sites for hydroxylation is 1. The van der Waals surface area contributed by atoms with E-state index >= 15 is 0 Å². The van der Waals surface area contributed by atoms with Crippen molar-refractivity contribution < 1.29 is 14.3 Å². The van der Waals surface area contributed by atoms with E-state index in [0.717, 1.165) is 44.6 Å². The monoisotopic (exact) mass is 362 g/mol. The molecular weight excluding hydrogens is 331 g/mol. The first kappa shape index (κ1) is 19.3. The number of rotatable bonds is 7. The van der Waals surface area contributed by atoms with E-state index in [4.69, 9.17) is 0 Å². The van der Waals surface area contributed by atoms with Crippen molar-refractivity contribution in [1.82, 2.24) is 9.80 Å². The molecule has 1 N–H and O–H groups in total. The summed E-state index contributed by atoms with van der Waals surface area (Å²) in [5.74, 6) is 0.556. The molecule has 0 saturated carbocycles. The number of piperidine rings is 1. The summed E-state index contributed by atoms with van der Waals surface area (Å²) in [6.07, 6.45) is 5.95. The van der Waals surface area contributed by atoms with Crippen LogP contribution in [0, 0.1) is 17.7 Å². The highest BCUT2D eigenvalue weighted by Gasteiger charge is 2.35. The van der Waals surface area contributed by atoms with Crippen LogP contribution in [0.5, 0.6) is 0 Å². The molecule has 0 unspecified atom stereocenters. The van der Waals surface area contributed by atoms with Gasteiger partial charge in [-0.2, -0.15) is 0 Å². The minimum Gasteiger partial charge on any atom is -0.396 e. The number of halogens is 1. The molecule has 2 aliphatic heterocycles. The number of nitrogens with zero attached hydrogens (tertiary/aromatic N) is 2. The maximum absolute atomic E-state index is 12.9. The van der Waals surface area contributed by atoms with Crippen molar-refractivity contribution in [2.75, 3.05) is 39.3 Å². The van der Waals surface area contributed by atoms with Crippen LogP contribution in [0.1, 0.15) is 37.7 Å². The number of likely N-dealkylation sites (tertiary alicyclic amines) is 2. The summed E-state index contributed by atoms with van der Waals surface area (Å²) >= 11 is 0. The van der Waals surface area contributed by atoms with Gasteiger partial charge in [-0.3, -0.25) is 4.79 Å². The fourth-order valence-corrected chi connectivity index (χ4v) is 4.28. The second-order valence-electron chi connectivity index (χ2n) is 7.84. The van der Waals surface area contributed by atoms with E-state index in [1.54, 1.807) is 12.1 Å². The quantitative estimate of drug-likeness (QED) is 0.811. The Labute approximate surface area is 156 Å². The number of carbonyl (C=O) groups is 1. The third kappa shape index (κ3) is 5.27. The zero-order valence-corrected chi connectivity index (χ0v) is 15.6. The molecule has 0 spiro atoms. The molecule has 2 aliphatic rings. The molecule has 5 heteroatoms. The van der Waals surface area contributed by atoms with E-state index in [1.165, 1.54) is 31.4 Å². The summed E-state index contributed by atoms with van der Waals surface area (Å²) in [7, 11) is 0. The zero-order chi connectivity index (χ0) is 18.4. The van der Waals surface area contributed by atoms with Crippen molar-refractivity contribution in [3.8, 4) is 0 Å². The minimum absolute atomic E-state index is 0.165. The number of aliphatic hydroxyl groups excluding tert-OH is 1. The third-order valence-corrected chi connectivity index (χ3v) is 5.87. The molecule has 144 valence electrons. The Kier molecular flexibility index (Phi) is 7.03. The molecule has 0 aliphatic carbocycles. The summed E-state index contributed by atoms with van der Waals surface area (Å²) in [5.41, 5.74) is 1.07. The highest BCUT2D eigenvalue weighted by molar-refractivity contribution is 5.76. The van der Waals surface area contributed by atoms with Crippen LogP contribution in [0.25, 0.3) is 0 Å². The van der Waals surface area contributed by atoms with Crippen molar-refractivity contribution in [2.45, 2.75) is 38.5 Å². The summed E-state index contributed by atoms with van der Waals surface area (Å²) in [6.45, 7) is 4.93. The maximum atomic E-state index is 12.9. The zero-order valence-electron chi connectivity index (χ0n) is 15.6. The molecule has 1 aromatic rings. The predicted octanol–water partition coefficient (Wildman–Crippen LogP) is 2.70. The van der Waals surface area contributed by atoms with Gasteiger partial charge < -0.3 is 14.9 Å². The van der Waals surface area contributed by atoms with Gasteiger partial charge in [-0.1, -0.05) is 18.6 Å². The van der Waals surface area contributed by atoms with E-state index in [2.05, 4.69) is 4.90 Å². The molecule has 2 heterocycles. The second kappa shape index (κ2) is 9.47. The Bertz CT molecular complexity index is 572. The molecule has 3 rings (SSSR count). The first-order chi connectivity index (χ1) is 12.7. The normalized spacial score (nSPS) is 24.2. The highest BCUT2D eigenvalue weighted by Crippen LogP contribution is 2.26. The largest absolute Gasteiger partial charge is 0.396 e.